The van der Waals surface area contributed by atoms with Crippen LogP contribution in [0.25, 0.3) is 0 Å². The number of rotatable bonds is 8. The molecule has 1 aliphatic rings. The molecule has 1 unspecified atom stereocenters. The van der Waals surface area contributed by atoms with Crippen molar-refractivity contribution >= 4 is 18.7 Å². The summed E-state index contributed by atoms with van der Waals surface area (Å²) in [6.45, 7) is 6.18. The van der Waals surface area contributed by atoms with Crippen LogP contribution in [0.3, 0.4) is 0 Å². The van der Waals surface area contributed by atoms with Gasteiger partial charge in [-0.25, -0.2) is 5.26 Å². The lowest BCUT2D eigenvalue weighted by molar-refractivity contribution is 0.554. The Morgan fingerprint density at radius 3 is 2.80 bits per heavy atom. The lowest BCUT2D eigenvalue weighted by atomic mass is 9.61. The van der Waals surface area contributed by atoms with Crippen LogP contribution in [-0.4, -0.2) is 20.4 Å². The first-order valence-electron chi connectivity index (χ1n) is 7.49. The van der Waals surface area contributed by atoms with Gasteiger partial charge in [-0.1, -0.05) is 26.3 Å². The first kappa shape index (κ1) is 14.9. The zero-order chi connectivity index (χ0) is 14.5. The van der Waals surface area contributed by atoms with Crippen molar-refractivity contribution in [2.24, 2.45) is 11.7 Å². The molecule has 0 amide bonds. The second-order valence-electron chi connectivity index (χ2n) is 6.01. The maximum atomic E-state index is 8.91. The van der Waals surface area contributed by atoms with Crippen LogP contribution in [0.2, 0.25) is 5.82 Å². The summed E-state index contributed by atoms with van der Waals surface area (Å²) in [5.74, 6) is 3.18. The molecule has 105 valence electrons. The number of anilines is 2. The Kier molecular flexibility index (Phi) is 5.08. The fraction of sp³-hybridized carbons (Fsp3) is 0.562. The minimum Gasteiger partial charge on any atom is -0.338 e. The molecule has 0 bridgehead atoms. The Balaban J connectivity index is 1.94. The number of hydrogen-bond acceptors (Lipinski definition) is 3. The van der Waals surface area contributed by atoms with Gasteiger partial charge in [0.25, 0.3) is 7.28 Å². The van der Waals surface area contributed by atoms with Gasteiger partial charge in [0, 0.05) is 6.54 Å². The van der Waals surface area contributed by atoms with E-state index in [1.807, 2.05) is 0 Å². The van der Waals surface area contributed by atoms with Crippen molar-refractivity contribution in [3.05, 3.63) is 23.8 Å². The number of fused-ring (bicyclic) bond motifs is 1. The molecule has 1 radical (unpaired) electrons. The van der Waals surface area contributed by atoms with Gasteiger partial charge in [0.15, 0.2) is 0 Å². The first-order chi connectivity index (χ1) is 9.65. The van der Waals surface area contributed by atoms with Crippen LogP contribution >= 0.6 is 0 Å². The highest BCUT2D eigenvalue weighted by molar-refractivity contribution is 6.46. The van der Waals surface area contributed by atoms with Gasteiger partial charge in [0.1, 0.15) is 0 Å². The highest BCUT2D eigenvalue weighted by atomic mass is 15.3. The van der Waals surface area contributed by atoms with Gasteiger partial charge in [-0.15, -0.1) is 0 Å². The minimum absolute atomic E-state index is 0.356. The molecule has 0 spiro atoms. The monoisotopic (exact) mass is 268 g/mol. The van der Waals surface area contributed by atoms with Crippen LogP contribution in [0.4, 0.5) is 11.4 Å². The second-order valence-corrected chi connectivity index (χ2v) is 6.01. The van der Waals surface area contributed by atoms with Crippen LogP contribution in [0.15, 0.2) is 18.2 Å². The van der Waals surface area contributed by atoms with E-state index >= 15 is 0 Å². The Hall–Kier alpha value is -1.47. The molecule has 0 aliphatic carbocycles. The third kappa shape index (κ3) is 3.77. The maximum Gasteiger partial charge on any atom is 0.258 e. The molecule has 1 atom stereocenters. The van der Waals surface area contributed by atoms with E-state index in [0.717, 1.165) is 32.4 Å². The molecular formula is C16H23BN3. The Labute approximate surface area is 123 Å². The predicted octanol–water partition coefficient (Wildman–Crippen LogP) is 3.05. The van der Waals surface area contributed by atoms with E-state index < -0.39 is 0 Å². The van der Waals surface area contributed by atoms with Gasteiger partial charge < -0.3 is 10.6 Å². The van der Waals surface area contributed by atoms with E-state index in [1.54, 1.807) is 7.28 Å². The summed E-state index contributed by atoms with van der Waals surface area (Å²) >= 11 is 0. The van der Waals surface area contributed by atoms with E-state index in [9.17, 15) is 0 Å². The molecule has 0 saturated heterocycles. The lowest BCUT2D eigenvalue weighted by Gasteiger charge is -2.14. The summed E-state index contributed by atoms with van der Waals surface area (Å²) in [5.41, 5.74) is 9.57. The largest absolute Gasteiger partial charge is 0.338 e. The van der Waals surface area contributed by atoms with E-state index in [0.29, 0.717) is 11.7 Å². The molecule has 0 saturated carbocycles. The van der Waals surface area contributed by atoms with E-state index in [4.69, 9.17) is 11.0 Å². The van der Waals surface area contributed by atoms with Crippen molar-refractivity contribution in [3.8, 4) is 5.97 Å². The molecule has 3 nitrogen and oxygen atoms in total. The summed E-state index contributed by atoms with van der Waals surface area (Å²) < 4.78 is 0. The number of benzene rings is 1. The molecule has 1 heterocycles. The van der Waals surface area contributed by atoms with Crippen LogP contribution in [-0.2, 0) is 6.42 Å². The Morgan fingerprint density at radius 2 is 2.15 bits per heavy atom. The maximum absolute atomic E-state index is 8.91. The molecular weight excluding hydrogens is 245 g/mol. The van der Waals surface area contributed by atoms with Crippen LogP contribution in [0, 0.1) is 17.1 Å². The number of hydrogen-bond donors (Lipinski definition) is 1. The number of nitrogens with two attached hydrogens (primary N) is 1. The highest BCUT2D eigenvalue weighted by Crippen LogP contribution is 2.48. The molecule has 0 fully saturated rings. The van der Waals surface area contributed by atoms with Crippen LogP contribution in [0.1, 0.15) is 32.3 Å². The van der Waals surface area contributed by atoms with Crippen LogP contribution in [0.5, 0.6) is 0 Å². The number of nitrogens with zero attached hydrogens (tertiary/aromatic N) is 2. The zero-order valence-corrected chi connectivity index (χ0v) is 12.5. The highest BCUT2D eigenvalue weighted by Gasteiger charge is 2.28. The normalized spacial score (nSPS) is 13.8. The molecule has 20 heavy (non-hydrogen) atoms. The van der Waals surface area contributed by atoms with E-state index in [-0.39, 0.29) is 0 Å². The van der Waals surface area contributed by atoms with Crippen molar-refractivity contribution < 1.29 is 0 Å². The fourth-order valence-corrected chi connectivity index (χ4v) is 2.81. The second kappa shape index (κ2) is 6.81. The van der Waals surface area contributed by atoms with Gasteiger partial charge in [0.2, 0.25) is 0 Å². The average molecular weight is 268 g/mol. The molecule has 2 N–H and O–H groups in total. The van der Waals surface area contributed by atoms with Gasteiger partial charge in [-0.2, -0.15) is 0 Å². The van der Waals surface area contributed by atoms with Crippen molar-refractivity contribution in [1.29, 1.82) is 5.26 Å². The summed E-state index contributed by atoms with van der Waals surface area (Å²) in [5, 5.41) is 8.91. The molecule has 1 aliphatic heterocycles. The van der Waals surface area contributed by atoms with Crippen molar-refractivity contribution in [2.75, 3.05) is 18.0 Å². The molecule has 2 rings (SSSR count). The standard InChI is InChI=1S/C16H23BN3/c1-12(2)8-14(17-11-19)9-13-4-5-15-16(10-13)20(15)7-3-6-18/h4-5,10,12,14H,3,6-9,18H2,1-2H3. The van der Waals surface area contributed by atoms with Crippen molar-refractivity contribution in [2.45, 2.75) is 38.9 Å². The van der Waals surface area contributed by atoms with Crippen LogP contribution < -0.4 is 10.6 Å². The molecule has 1 aromatic rings. The minimum atomic E-state index is 0.356. The third-order valence-electron chi connectivity index (χ3n) is 3.74. The summed E-state index contributed by atoms with van der Waals surface area (Å²) in [6, 6.07) is 6.66. The zero-order valence-electron chi connectivity index (χ0n) is 12.5. The summed E-state index contributed by atoms with van der Waals surface area (Å²) in [6.07, 6.45) is 3.06. The average Bonchev–Trinajstić information content (AvgIpc) is 3.08. The van der Waals surface area contributed by atoms with Gasteiger partial charge >= 0.3 is 0 Å². The Bertz CT molecular complexity index is 493. The predicted molar refractivity (Wildman–Crippen MR) is 85.4 cm³/mol. The topological polar surface area (TPSA) is 52.8 Å². The molecule has 0 aromatic heterocycles. The number of nitriles is 1. The Morgan fingerprint density at radius 1 is 1.35 bits per heavy atom. The van der Waals surface area contributed by atoms with Crippen molar-refractivity contribution in [1.82, 2.24) is 0 Å². The molecule has 1 aromatic carbocycles. The third-order valence-corrected chi connectivity index (χ3v) is 3.74. The summed E-state index contributed by atoms with van der Waals surface area (Å²) in [4.78, 5) is 2.32. The van der Waals surface area contributed by atoms with Gasteiger partial charge in [0.05, 0.1) is 11.4 Å². The SMILES string of the molecule is CC(C)CC([B]C#N)Cc1ccc2c(c1)N2CCCN. The molecule has 4 heteroatoms. The van der Waals surface area contributed by atoms with Gasteiger partial charge in [-0.3, -0.25) is 0 Å². The quantitative estimate of drug-likeness (QED) is 0.582. The van der Waals surface area contributed by atoms with E-state index in [2.05, 4.69) is 42.9 Å². The smallest absolute Gasteiger partial charge is 0.258 e. The summed E-state index contributed by atoms with van der Waals surface area (Å²) in [7, 11) is 1.79. The first-order valence-corrected chi connectivity index (χ1v) is 7.49. The van der Waals surface area contributed by atoms with Gasteiger partial charge in [-0.05, 0) is 54.8 Å². The van der Waals surface area contributed by atoms with Crippen molar-refractivity contribution in [3.63, 3.8) is 0 Å². The fourth-order valence-electron chi connectivity index (χ4n) is 2.81. The van der Waals surface area contributed by atoms with E-state index in [1.165, 1.54) is 16.9 Å². The lowest BCUT2D eigenvalue weighted by Crippen LogP contribution is -2.09.